The predicted molar refractivity (Wildman–Crippen MR) is 177 cm³/mol. The summed E-state index contributed by atoms with van der Waals surface area (Å²) >= 11 is 0. The van der Waals surface area contributed by atoms with Gasteiger partial charge in [-0.25, -0.2) is 8.42 Å². The van der Waals surface area contributed by atoms with Crippen molar-refractivity contribution in [1.29, 1.82) is 0 Å². The second kappa shape index (κ2) is 15.7. The van der Waals surface area contributed by atoms with Crippen LogP contribution in [0.25, 0.3) is 0 Å². The first kappa shape index (κ1) is 36.0. The molecule has 0 spiro atoms. The highest BCUT2D eigenvalue weighted by Gasteiger charge is 2.36. The molecule has 46 heavy (non-hydrogen) atoms. The molecule has 0 bridgehead atoms. The zero-order valence-corrected chi connectivity index (χ0v) is 28.6. The molecule has 1 N–H and O–H groups in total. The lowest BCUT2D eigenvalue weighted by Gasteiger charge is -2.35. The van der Waals surface area contributed by atoms with Gasteiger partial charge in [-0.3, -0.25) is 13.9 Å². The summed E-state index contributed by atoms with van der Waals surface area (Å²) in [5, 5.41) is 2.97. The summed E-state index contributed by atoms with van der Waals surface area (Å²) in [6.07, 6.45) is 0.768. The number of sulfonamides is 1. The highest BCUT2D eigenvalue weighted by molar-refractivity contribution is 7.92. The maximum absolute atomic E-state index is 14.4. The topological polar surface area (TPSA) is 124 Å². The van der Waals surface area contributed by atoms with Crippen molar-refractivity contribution in [3.63, 3.8) is 0 Å². The monoisotopic (exact) mass is 655 g/mol. The molecule has 0 radical (unpaired) electrons. The number of carbonyl (C=O) groups is 2. The van der Waals surface area contributed by atoms with E-state index >= 15 is 0 Å². The van der Waals surface area contributed by atoms with Gasteiger partial charge in [-0.05, 0) is 63.4 Å². The third-order valence-electron chi connectivity index (χ3n) is 7.24. The molecule has 0 heterocycles. The van der Waals surface area contributed by atoms with Crippen LogP contribution >= 0.6 is 0 Å². The zero-order valence-electron chi connectivity index (χ0n) is 27.8. The second-order valence-electron chi connectivity index (χ2n) is 11.6. The molecule has 250 valence electrons. The van der Waals surface area contributed by atoms with Crippen molar-refractivity contribution in [1.82, 2.24) is 10.2 Å². The van der Waals surface area contributed by atoms with E-state index in [4.69, 9.17) is 18.9 Å². The van der Waals surface area contributed by atoms with E-state index in [1.165, 1.54) is 57.6 Å². The van der Waals surface area contributed by atoms with Gasteiger partial charge in [0.2, 0.25) is 11.8 Å². The average molecular weight is 656 g/mol. The Morgan fingerprint density at radius 3 is 2.02 bits per heavy atom. The Morgan fingerprint density at radius 2 is 1.46 bits per heavy atom. The van der Waals surface area contributed by atoms with Crippen LogP contribution in [0.2, 0.25) is 0 Å². The largest absolute Gasteiger partial charge is 0.497 e. The van der Waals surface area contributed by atoms with Gasteiger partial charge in [-0.1, -0.05) is 37.3 Å². The lowest BCUT2D eigenvalue weighted by molar-refractivity contribution is -0.140. The van der Waals surface area contributed by atoms with Crippen molar-refractivity contribution < 1.29 is 37.0 Å². The number of methoxy groups -OCH3 is 4. The van der Waals surface area contributed by atoms with E-state index in [0.717, 1.165) is 9.87 Å². The minimum Gasteiger partial charge on any atom is -0.497 e. The summed E-state index contributed by atoms with van der Waals surface area (Å²) < 4.78 is 51.5. The van der Waals surface area contributed by atoms with E-state index in [2.05, 4.69) is 5.32 Å². The Kier molecular flexibility index (Phi) is 12.3. The van der Waals surface area contributed by atoms with Gasteiger partial charge in [0.05, 0.1) is 39.0 Å². The fraction of sp³-hybridized carbons (Fsp3) is 0.412. The lowest BCUT2D eigenvalue weighted by atomic mass is 10.1. The fourth-order valence-corrected chi connectivity index (χ4v) is 6.39. The molecule has 0 aliphatic carbocycles. The van der Waals surface area contributed by atoms with Crippen LogP contribution in [0.15, 0.2) is 71.6 Å². The molecule has 3 aromatic carbocycles. The van der Waals surface area contributed by atoms with Crippen LogP contribution in [-0.2, 0) is 26.0 Å². The third-order valence-corrected chi connectivity index (χ3v) is 9.00. The molecule has 1 atom stereocenters. The number of rotatable bonds is 15. The van der Waals surface area contributed by atoms with Gasteiger partial charge in [0.1, 0.15) is 24.1 Å². The molecule has 0 aliphatic rings. The summed E-state index contributed by atoms with van der Waals surface area (Å²) in [7, 11) is 1.28. The molecule has 0 fully saturated rings. The number of benzene rings is 3. The van der Waals surface area contributed by atoms with Gasteiger partial charge in [-0.2, -0.15) is 0 Å². The van der Waals surface area contributed by atoms with Gasteiger partial charge in [0.25, 0.3) is 10.0 Å². The molecule has 0 saturated carbocycles. The van der Waals surface area contributed by atoms with Crippen molar-refractivity contribution in [3.8, 4) is 23.0 Å². The lowest BCUT2D eigenvalue weighted by Crippen LogP contribution is -2.56. The van der Waals surface area contributed by atoms with Crippen molar-refractivity contribution >= 4 is 27.5 Å². The summed E-state index contributed by atoms with van der Waals surface area (Å²) in [5.74, 6) is 0.191. The fourth-order valence-electron chi connectivity index (χ4n) is 4.96. The van der Waals surface area contributed by atoms with E-state index in [1.807, 2.05) is 58.0 Å². The molecule has 12 heteroatoms. The van der Waals surface area contributed by atoms with Gasteiger partial charge >= 0.3 is 0 Å². The maximum atomic E-state index is 14.4. The summed E-state index contributed by atoms with van der Waals surface area (Å²) in [6.45, 7) is 6.95. The number of hydrogen-bond acceptors (Lipinski definition) is 8. The standard InChI is InChI=1S/C34H45N3O8S/c1-9-27(33(39)35-34(2,3)4)36(20-19-24-13-11-10-12-14-24)32(38)23-37(28-21-25(42-5)15-17-29(28)43-6)46(40,41)26-16-18-30(44-7)31(22-26)45-8/h10-18,21-22,27H,9,19-20,23H2,1-8H3,(H,35,39)/t27-/m1/s1. The summed E-state index contributed by atoms with van der Waals surface area (Å²) in [6, 6.07) is 17.6. The molecule has 0 unspecified atom stereocenters. The van der Waals surface area contributed by atoms with Crippen molar-refractivity contribution in [2.75, 3.05) is 45.8 Å². The Bertz CT molecular complexity index is 1590. The summed E-state index contributed by atoms with van der Waals surface area (Å²) in [4.78, 5) is 29.2. The first-order chi connectivity index (χ1) is 21.8. The van der Waals surface area contributed by atoms with E-state index < -0.39 is 34.1 Å². The minimum absolute atomic E-state index is 0.0835. The Hall–Kier alpha value is -4.45. The molecule has 3 aromatic rings. The minimum atomic E-state index is -4.43. The van der Waals surface area contributed by atoms with E-state index in [-0.39, 0.29) is 34.5 Å². The quantitative estimate of drug-likeness (QED) is 0.251. The van der Waals surface area contributed by atoms with E-state index in [1.54, 1.807) is 12.1 Å². The van der Waals surface area contributed by atoms with Crippen LogP contribution in [0.3, 0.4) is 0 Å². The molecule has 0 saturated heterocycles. The first-order valence-corrected chi connectivity index (χ1v) is 16.4. The smallest absolute Gasteiger partial charge is 0.265 e. The third kappa shape index (κ3) is 8.84. The normalized spacial score (nSPS) is 12.1. The molecule has 2 amide bonds. The van der Waals surface area contributed by atoms with Crippen LogP contribution in [0.1, 0.15) is 39.7 Å². The van der Waals surface area contributed by atoms with E-state index in [0.29, 0.717) is 24.3 Å². The Morgan fingerprint density at radius 1 is 0.826 bits per heavy atom. The van der Waals surface area contributed by atoms with Crippen LogP contribution < -0.4 is 28.6 Å². The number of nitrogens with one attached hydrogen (secondary N) is 1. The number of carbonyl (C=O) groups excluding carboxylic acids is 2. The molecular weight excluding hydrogens is 610 g/mol. The van der Waals surface area contributed by atoms with Crippen LogP contribution in [0.4, 0.5) is 5.69 Å². The van der Waals surface area contributed by atoms with Gasteiger partial charge in [-0.15, -0.1) is 0 Å². The highest BCUT2D eigenvalue weighted by Crippen LogP contribution is 2.37. The number of hydrogen-bond donors (Lipinski definition) is 1. The zero-order chi connectivity index (χ0) is 34.1. The number of anilines is 1. The van der Waals surface area contributed by atoms with Gasteiger partial charge < -0.3 is 29.2 Å². The molecule has 0 aliphatic heterocycles. The molecule has 11 nitrogen and oxygen atoms in total. The SMILES string of the molecule is CC[C@H](C(=O)NC(C)(C)C)N(CCc1ccccc1)C(=O)CN(c1cc(OC)ccc1OC)S(=O)(=O)c1ccc(OC)c(OC)c1. The predicted octanol–water partition coefficient (Wildman–Crippen LogP) is 4.68. The van der Waals surface area contributed by atoms with Crippen molar-refractivity contribution in [2.24, 2.45) is 0 Å². The maximum Gasteiger partial charge on any atom is 0.265 e. The van der Waals surface area contributed by atoms with Crippen LogP contribution in [0.5, 0.6) is 23.0 Å². The number of nitrogens with zero attached hydrogens (tertiary/aromatic N) is 2. The molecule has 0 aromatic heterocycles. The van der Waals surface area contributed by atoms with Gasteiger partial charge in [0, 0.05) is 24.2 Å². The van der Waals surface area contributed by atoms with Crippen molar-refractivity contribution in [2.45, 2.75) is 57.0 Å². The number of amides is 2. The first-order valence-electron chi connectivity index (χ1n) is 14.9. The van der Waals surface area contributed by atoms with Crippen molar-refractivity contribution in [3.05, 3.63) is 72.3 Å². The Balaban J connectivity index is 2.16. The average Bonchev–Trinajstić information content (AvgIpc) is 3.04. The van der Waals surface area contributed by atoms with Gasteiger partial charge in [0.15, 0.2) is 11.5 Å². The van der Waals surface area contributed by atoms with E-state index in [9.17, 15) is 18.0 Å². The highest BCUT2D eigenvalue weighted by atomic mass is 32.2. The number of ether oxygens (including phenoxy) is 4. The Labute approximate surface area is 272 Å². The second-order valence-corrected chi connectivity index (χ2v) is 13.4. The van der Waals surface area contributed by atoms with Crippen LogP contribution in [0, 0.1) is 0 Å². The molecule has 3 rings (SSSR count). The summed E-state index contributed by atoms with van der Waals surface area (Å²) in [5.41, 5.74) is 0.505. The van der Waals surface area contributed by atoms with Crippen LogP contribution in [-0.4, -0.2) is 78.2 Å². The molecular formula is C34H45N3O8S.